The molecule has 0 spiro atoms. The second-order valence-electron chi connectivity index (χ2n) is 8.91. The molecule has 0 radical (unpaired) electrons. The van der Waals surface area contributed by atoms with Gasteiger partial charge in [0.05, 0.1) is 0 Å². The Kier molecular flexibility index (Phi) is 4.89. The summed E-state index contributed by atoms with van der Waals surface area (Å²) in [5.41, 5.74) is 4.35. The smallest absolute Gasteiger partial charge is 0.267 e. The maximum absolute atomic E-state index is 11.0. The van der Waals surface area contributed by atoms with Crippen molar-refractivity contribution in [3.05, 3.63) is 41.5 Å². The molecule has 3 atom stereocenters. The van der Waals surface area contributed by atoms with Crippen molar-refractivity contribution in [1.82, 2.24) is 10.8 Å². The van der Waals surface area contributed by atoms with Gasteiger partial charge in [-0.3, -0.25) is 10.0 Å². The highest BCUT2D eigenvalue weighted by Crippen LogP contribution is 2.62. The van der Waals surface area contributed by atoms with Crippen molar-refractivity contribution in [2.75, 3.05) is 6.54 Å². The SMILES string of the molecule is C[C@H]1C2CC3CC(C2)CC1(CNCc1ccc(/C=C/C(=O)NO)cc1)C3. The van der Waals surface area contributed by atoms with Gasteiger partial charge < -0.3 is 5.32 Å². The van der Waals surface area contributed by atoms with Gasteiger partial charge in [-0.1, -0.05) is 31.2 Å². The molecule has 4 saturated carbocycles. The number of rotatable bonds is 6. The van der Waals surface area contributed by atoms with Gasteiger partial charge in [0.25, 0.3) is 5.91 Å². The minimum atomic E-state index is -0.513. The molecule has 4 fully saturated rings. The number of amides is 1. The highest BCUT2D eigenvalue weighted by molar-refractivity contribution is 5.90. The van der Waals surface area contributed by atoms with Crippen LogP contribution in [0, 0.1) is 29.1 Å². The van der Waals surface area contributed by atoms with E-state index in [-0.39, 0.29) is 0 Å². The zero-order valence-corrected chi connectivity index (χ0v) is 15.6. The van der Waals surface area contributed by atoms with Gasteiger partial charge in [0.2, 0.25) is 0 Å². The summed E-state index contributed by atoms with van der Waals surface area (Å²) in [6.07, 6.45) is 10.4. The average Bonchev–Trinajstić information content (AvgIpc) is 2.64. The van der Waals surface area contributed by atoms with Gasteiger partial charge in [-0.05, 0) is 78.4 Å². The third-order valence-corrected chi connectivity index (χ3v) is 7.33. The van der Waals surface area contributed by atoms with E-state index in [4.69, 9.17) is 5.21 Å². The van der Waals surface area contributed by atoms with Gasteiger partial charge in [-0.2, -0.15) is 0 Å². The van der Waals surface area contributed by atoms with Gasteiger partial charge in [0.1, 0.15) is 0 Å². The number of carbonyl (C=O) groups excluding carboxylic acids is 1. The van der Waals surface area contributed by atoms with Crippen LogP contribution in [-0.2, 0) is 11.3 Å². The second kappa shape index (κ2) is 7.16. The summed E-state index contributed by atoms with van der Waals surface area (Å²) in [6, 6.07) is 8.22. The Morgan fingerprint density at radius 1 is 1.19 bits per heavy atom. The predicted molar refractivity (Wildman–Crippen MR) is 102 cm³/mol. The van der Waals surface area contributed by atoms with Crippen molar-refractivity contribution in [1.29, 1.82) is 0 Å². The molecule has 3 N–H and O–H groups in total. The summed E-state index contributed by atoms with van der Waals surface area (Å²) in [5.74, 6) is 3.32. The molecule has 140 valence electrons. The molecule has 0 heterocycles. The van der Waals surface area contributed by atoms with Crippen LogP contribution >= 0.6 is 0 Å². The Hall–Kier alpha value is -1.65. The summed E-state index contributed by atoms with van der Waals surface area (Å²) in [6.45, 7) is 4.55. The van der Waals surface area contributed by atoms with Gasteiger partial charge >= 0.3 is 0 Å². The fourth-order valence-corrected chi connectivity index (χ4v) is 6.18. The maximum atomic E-state index is 11.0. The molecule has 4 bridgehead atoms. The van der Waals surface area contributed by atoms with E-state index < -0.39 is 5.91 Å². The minimum absolute atomic E-state index is 0.513. The Morgan fingerprint density at radius 2 is 1.88 bits per heavy atom. The van der Waals surface area contributed by atoms with Crippen LogP contribution in [0.2, 0.25) is 0 Å². The highest BCUT2D eigenvalue weighted by atomic mass is 16.5. The standard InChI is InChI=1S/C22H30N2O2/c1-15-20-9-18-8-19(10-20)12-22(15,11-18)14-23-13-17-4-2-16(3-5-17)6-7-21(25)24-26/h2-7,15,18-20,23,26H,8-14H2,1H3,(H,24,25)/b7-6+/t15-,18?,19?,20?,22?/m0/s1. The van der Waals surface area contributed by atoms with Crippen molar-refractivity contribution in [2.45, 2.75) is 45.6 Å². The summed E-state index contributed by atoms with van der Waals surface area (Å²) in [4.78, 5) is 11.0. The predicted octanol–water partition coefficient (Wildman–Crippen LogP) is 3.76. The lowest BCUT2D eigenvalue weighted by Gasteiger charge is -2.61. The number of carbonyl (C=O) groups is 1. The van der Waals surface area contributed by atoms with Crippen LogP contribution in [0.1, 0.15) is 50.2 Å². The first kappa shape index (κ1) is 17.7. The Balaban J connectivity index is 1.32. The van der Waals surface area contributed by atoms with Gasteiger partial charge in [0.15, 0.2) is 0 Å². The zero-order valence-electron chi connectivity index (χ0n) is 15.6. The number of hydrogen-bond donors (Lipinski definition) is 3. The lowest BCUT2D eigenvalue weighted by molar-refractivity contribution is -0.124. The van der Waals surface area contributed by atoms with Gasteiger partial charge in [-0.15, -0.1) is 0 Å². The molecule has 0 aromatic heterocycles. The van der Waals surface area contributed by atoms with Gasteiger partial charge in [0, 0.05) is 19.2 Å². The molecule has 4 aliphatic carbocycles. The van der Waals surface area contributed by atoms with E-state index >= 15 is 0 Å². The summed E-state index contributed by atoms with van der Waals surface area (Å²) < 4.78 is 0. The number of nitrogens with one attached hydrogen (secondary N) is 2. The number of hydroxylamine groups is 1. The minimum Gasteiger partial charge on any atom is -0.312 e. The molecule has 26 heavy (non-hydrogen) atoms. The second-order valence-corrected chi connectivity index (χ2v) is 8.91. The van der Waals surface area contributed by atoms with E-state index in [1.807, 2.05) is 12.1 Å². The maximum Gasteiger partial charge on any atom is 0.267 e. The molecular formula is C22H30N2O2. The Labute approximate surface area is 156 Å². The largest absolute Gasteiger partial charge is 0.312 e. The van der Waals surface area contributed by atoms with Crippen molar-refractivity contribution in [3.8, 4) is 0 Å². The van der Waals surface area contributed by atoms with E-state index in [0.29, 0.717) is 5.41 Å². The monoisotopic (exact) mass is 354 g/mol. The lowest BCUT2D eigenvalue weighted by Crippen LogP contribution is -2.55. The fraction of sp³-hybridized carbons (Fsp3) is 0.591. The quantitative estimate of drug-likeness (QED) is 0.414. The molecule has 5 rings (SSSR count). The molecule has 0 saturated heterocycles. The molecule has 1 aromatic carbocycles. The first-order chi connectivity index (χ1) is 12.6. The van der Waals surface area contributed by atoms with Crippen molar-refractivity contribution < 1.29 is 10.0 Å². The van der Waals surface area contributed by atoms with E-state index in [1.165, 1.54) is 43.7 Å². The van der Waals surface area contributed by atoms with E-state index in [9.17, 15) is 4.79 Å². The molecule has 1 aromatic rings. The summed E-state index contributed by atoms with van der Waals surface area (Å²) in [5, 5.41) is 12.3. The van der Waals surface area contributed by atoms with Crippen LogP contribution in [-0.4, -0.2) is 17.7 Å². The molecule has 2 unspecified atom stereocenters. The van der Waals surface area contributed by atoms with E-state index in [2.05, 4.69) is 24.4 Å². The molecule has 1 amide bonds. The van der Waals surface area contributed by atoms with Crippen LogP contribution in [0.25, 0.3) is 6.08 Å². The summed E-state index contributed by atoms with van der Waals surface area (Å²) >= 11 is 0. The zero-order chi connectivity index (χ0) is 18.1. The Morgan fingerprint density at radius 3 is 2.54 bits per heavy atom. The van der Waals surface area contributed by atoms with Crippen LogP contribution in [0.5, 0.6) is 0 Å². The highest BCUT2D eigenvalue weighted by Gasteiger charge is 2.54. The number of benzene rings is 1. The van der Waals surface area contributed by atoms with Crippen molar-refractivity contribution in [3.63, 3.8) is 0 Å². The first-order valence-corrected chi connectivity index (χ1v) is 10.00. The molecule has 4 nitrogen and oxygen atoms in total. The van der Waals surface area contributed by atoms with Gasteiger partial charge in [-0.25, -0.2) is 5.48 Å². The average molecular weight is 354 g/mol. The normalized spacial score (nSPS) is 35.2. The molecule has 4 aliphatic rings. The fourth-order valence-electron chi connectivity index (χ4n) is 6.18. The molecular weight excluding hydrogens is 324 g/mol. The third kappa shape index (κ3) is 3.45. The van der Waals surface area contributed by atoms with E-state index in [0.717, 1.165) is 42.3 Å². The van der Waals surface area contributed by atoms with Crippen LogP contribution < -0.4 is 10.8 Å². The summed E-state index contributed by atoms with van der Waals surface area (Å²) in [7, 11) is 0. The lowest BCUT2D eigenvalue weighted by atomic mass is 9.45. The van der Waals surface area contributed by atoms with Crippen LogP contribution in [0.4, 0.5) is 0 Å². The van der Waals surface area contributed by atoms with Crippen molar-refractivity contribution in [2.24, 2.45) is 29.1 Å². The number of hydrogen-bond acceptors (Lipinski definition) is 3. The van der Waals surface area contributed by atoms with Crippen molar-refractivity contribution >= 4 is 12.0 Å². The molecule has 0 aliphatic heterocycles. The van der Waals surface area contributed by atoms with E-state index in [1.54, 1.807) is 11.6 Å². The van der Waals surface area contributed by atoms with Crippen LogP contribution in [0.15, 0.2) is 30.3 Å². The topological polar surface area (TPSA) is 61.4 Å². The van der Waals surface area contributed by atoms with Crippen LogP contribution in [0.3, 0.4) is 0 Å². The Bertz CT molecular complexity index is 668. The molecule has 4 heteroatoms. The first-order valence-electron chi connectivity index (χ1n) is 10.00. The third-order valence-electron chi connectivity index (χ3n) is 7.33.